The molecule has 1 fully saturated rings. The average molecular weight is 623 g/mol. The van der Waals surface area contributed by atoms with E-state index in [-0.39, 0.29) is 42.2 Å². The normalized spacial score (nSPS) is 15.1. The van der Waals surface area contributed by atoms with Gasteiger partial charge < -0.3 is 9.80 Å². The van der Waals surface area contributed by atoms with Crippen LogP contribution in [0.4, 0.5) is 18.9 Å². The number of hydrogen-bond donors (Lipinski definition) is 0. The van der Waals surface area contributed by atoms with E-state index in [1.807, 2.05) is 0 Å². The molecule has 0 N–H and O–H groups in total. The number of aldehydes is 1. The lowest BCUT2D eigenvalue weighted by Gasteiger charge is -2.36. The average Bonchev–Trinajstić information content (AvgIpc) is 3.17. The molecule has 1 aliphatic heterocycles. The lowest BCUT2D eigenvalue weighted by atomic mass is 10.1. The molecule has 1 amide bonds. The summed E-state index contributed by atoms with van der Waals surface area (Å²) >= 11 is 6.62. The molecule has 1 aliphatic rings. The molecule has 180 valence electrons. The van der Waals surface area contributed by atoms with E-state index in [4.69, 9.17) is 0 Å². The first kappa shape index (κ1) is 24.7. The molecule has 4 rings (SSSR count). The summed E-state index contributed by atoms with van der Waals surface area (Å²) < 4.78 is 67.1. The van der Waals surface area contributed by atoms with Crippen LogP contribution in [0, 0.1) is 0 Å². The Bertz CT molecular complexity index is 1400. The first-order valence-corrected chi connectivity index (χ1v) is 12.9. The van der Waals surface area contributed by atoms with Gasteiger partial charge in [0.05, 0.1) is 5.52 Å². The smallest absolute Gasteiger partial charge is 0.367 e. The van der Waals surface area contributed by atoms with Gasteiger partial charge in [-0.1, -0.05) is 28.1 Å². The maximum absolute atomic E-state index is 13.4. The van der Waals surface area contributed by atoms with Crippen LogP contribution in [0.15, 0.2) is 56.4 Å². The molecular weight excluding hydrogens is 607 g/mol. The Hall–Kier alpha value is -2.38. The van der Waals surface area contributed by atoms with E-state index in [0.29, 0.717) is 26.3 Å². The lowest BCUT2D eigenvalue weighted by molar-refractivity contribution is -0.185. The fourth-order valence-corrected chi connectivity index (χ4v) is 6.70. The van der Waals surface area contributed by atoms with Gasteiger partial charge in [-0.15, -0.1) is 0 Å². The topological polar surface area (TPSA) is 79.7 Å². The van der Waals surface area contributed by atoms with Gasteiger partial charge in [0.2, 0.25) is 0 Å². The molecule has 0 atom stereocenters. The zero-order valence-electron chi connectivity index (χ0n) is 17.2. The number of halogens is 5. The van der Waals surface area contributed by atoms with Crippen LogP contribution in [-0.2, 0) is 14.8 Å². The number of fused-ring (bicyclic) bond motifs is 1. The number of anilines is 1. The summed E-state index contributed by atoms with van der Waals surface area (Å²) in [5.41, 5.74) is 0.824. The summed E-state index contributed by atoms with van der Waals surface area (Å²) in [6.07, 6.45) is -3.19. The highest BCUT2D eigenvalue weighted by atomic mass is 79.9. The van der Waals surface area contributed by atoms with Crippen molar-refractivity contribution in [2.45, 2.75) is 11.1 Å². The molecule has 0 spiro atoms. The molecule has 7 nitrogen and oxygen atoms in total. The van der Waals surface area contributed by atoms with Crippen LogP contribution in [-0.4, -0.2) is 61.8 Å². The molecule has 1 saturated heterocycles. The first-order chi connectivity index (χ1) is 15.9. The van der Waals surface area contributed by atoms with Crippen LogP contribution < -0.4 is 4.90 Å². The number of carbonyl (C=O) groups excluding carboxylic acids is 2. The summed E-state index contributed by atoms with van der Waals surface area (Å²) in [7, 11) is -4.09. The number of carbonyl (C=O) groups is 2. The van der Waals surface area contributed by atoms with Crippen molar-refractivity contribution in [3.8, 4) is 0 Å². The Labute approximate surface area is 209 Å². The minimum absolute atomic E-state index is 0.00477. The third-order valence-corrected chi connectivity index (χ3v) is 8.64. The molecule has 2 heterocycles. The second kappa shape index (κ2) is 9.00. The standard InChI is InChI=1S/C21H16Br2F3N3O4S/c22-14-9-16(27-5-7-28(8-6-27)20(31)21(24,25)26)19-13(12-30)11-29(17(19)10-14)34(32,33)18-4-2-1-3-15(18)23/h1-4,9-12H,5-8H2. The van der Waals surface area contributed by atoms with Crippen molar-refractivity contribution in [3.05, 3.63) is 57.1 Å². The van der Waals surface area contributed by atoms with Gasteiger partial charge in [0, 0.05) is 58.0 Å². The maximum Gasteiger partial charge on any atom is 0.471 e. The molecule has 0 bridgehead atoms. The predicted molar refractivity (Wildman–Crippen MR) is 127 cm³/mol. The second-order valence-corrected chi connectivity index (χ2v) is 11.1. The quantitative estimate of drug-likeness (QED) is 0.403. The van der Waals surface area contributed by atoms with Crippen molar-refractivity contribution in [2.24, 2.45) is 0 Å². The van der Waals surface area contributed by atoms with Crippen LogP contribution >= 0.6 is 31.9 Å². The van der Waals surface area contributed by atoms with Crippen molar-refractivity contribution in [1.29, 1.82) is 0 Å². The zero-order chi connectivity index (χ0) is 24.8. The Morgan fingerprint density at radius 1 is 1.03 bits per heavy atom. The van der Waals surface area contributed by atoms with E-state index in [1.165, 1.54) is 12.3 Å². The van der Waals surface area contributed by atoms with Gasteiger partial charge in [0.15, 0.2) is 6.29 Å². The summed E-state index contributed by atoms with van der Waals surface area (Å²) in [6, 6.07) is 9.50. The molecule has 0 radical (unpaired) electrons. The van der Waals surface area contributed by atoms with Gasteiger partial charge in [0.25, 0.3) is 10.0 Å². The van der Waals surface area contributed by atoms with E-state index in [2.05, 4.69) is 31.9 Å². The van der Waals surface area contributed by atoms with Gasteiger partial charge >= 0.3 is 12.1 Å². The molecule has 13 heteroatoms. The third kappa shape index (κ3) is 4.36. The highest BCUT2D eigenvalue weighted by molar-refractivity contribution is 9.10. The molecule has 0 unspecified atom stereocenters. The lowest BCUT2D eigenvalue weighted by Crippen LogP contribution is -2.52. The Morgan fingerprint density at radius 3 is 2.26 bits per heavy atom. The Morgan fingerprint density at radius 2 is 1.68 bits per heavy atom. The number of rotatable bonds is 4. The highest BCUT2D eigenvalue weighted by Crippen LogP contribution is 2.37. The van der Waals surface area contributed by atoms with Crippen LogP contribution in [0.1, 0.15) is 10.4 Å². The monoisotopic (exact) mass is 621 g/mol. The number of aromatic nitrogens is 1. The molecule has 0 aliphatic carbocycles. The van der Waals surface area contributed by atoms with Crippen LogP contribution in [0.2, 0.25) is 0 Å². The molecule has 0 saturated carbocycles. The van der Waals surface area contributed by atoms with Crippen molar-refractivity contribution >= 4 is 70.7 Å². The minimum Gasteiger partial charge on any atom is -0.367 e. The second-order valence-electron chi connectivity index (χ2n) is 7.53. The van der Waals surface area contributed by atoms with Gasteiger partial charge in [-0.3, -0.25) is 9.59 Å². The van der Waals surface area contributed by atoms with Crippen LogP contribution in [0.5, 0.6) is 0 Å². The zero-order valence-corrected chi connectivity index (χ0v) is 21.2. The van der Waals surface area contributed by atoms with Crippen molar-refractivity contribution in [1.82, 2.24) is 8.87 Å². The van der Waals surface area contributed by atoms with Crippen molar-refractivity contribution < 1.29 is 31.2 Å². The molecule has 1 aromatic heterocycles. The number of piperazine rings is 1. The van der Waals surface area contributed by atoms with E-state index < -0.39 is 22.1 Å². The summed E-state index contributed by atoms with van der Waals surface area (Å²) in [4.78, 5) is 25.9. The Balaban J connectivity index is 1.80. The summed E-state index contributed by atoms with van der Waals surface area (Å²) in [6.45, 7) is -0.181. The van der Waals surface area contributed by atoms with E-state index in [1.54, 1.807) is 35.2 Å². The van der Waals surface area contributed by atoms with Gasteiger partial charge in [-0.05, 0) is 40.2 Å². The van der Waals surface area contributed by atoms with Crippen LogP contribution in [0.3, 0.4) is 0 Å². The number of alkyl halides is 3. The molecule has 3 aromatic rings. The Kier molecular flexibility index (Phi) is 6.55. The fraction of sp³-hybridized carbons (Fsp3) is 0.238. The number of amides is 1. The van der Waals surface area contributed by atoms with Crippen molar-refractivity contribution in [2.75, 3.05) is 31.1 Å². The SMILES string of the molecule is O=Cc1cn(S(=O)(=O)c2ccccc2Br)c2cc(Br)cc(N3CCN(C(=O)C(F)(F)F)CC3)c12. The number of hydrogen-bond acceptors (Lipinski definition) is 5. The number of nitrogens with zero attached hydrogens (tertiary/aromatic N) is 3. The molecule has 2 aromatic carbocycles. The van der Waals surface area contributed by atoms with Gasteiger partial charge in [-0.2, -0.15) is 13.2 Å². The van der Waals surface area contributed by atoms with Gasteiger partial charge in [0.1, 0.15) is 4.90 Å². The van der Waals surface area contributed by atoms with Gasteiger partial charge in [-0.25, -0.2) is 12.4 Å². The minimum atomic E-state index is -4.95. The summed E-state index contributed by atoms with van der Waals surface area (Å²) in [5, 5.41) is 0.351. The van der Waals surface area contributed by atoms with E-state index in [9.17, 15) is 31.2 Å². The van der Waals surface area contributed by atoms with Crippen LogP contribution in [0.25, 0.3) is 10.9 Å². The molecular formula is C21H16Br2F3N3O4S. The third-order valence-electron chi connectivity index (χ3n) is 5.49. The van der Waals surface area contributed by atoms with E-state index in [0.717, 1.165) is 8.87 Å². The van der Waals surface area contributed by atoms with E-state index >= 15 is 0 Å². The number of benzene rings is 2. The predicted octanol–water partition coefficient (Wildman–Crippen LogP) is 4.43. The highest BCUT2D eigenvalue weighted by Gasteiger charge is 2.43. The van der Waals surface area contributed by atoms with Crippen molar-refractivity contribution in [3.63, 3.8) is 0 Å². The molecule has 34 heavy (non-hydrogen) atoms. The first-order valence-electron chi connectivity index (χ1n) is 9.86. The largest absolute Gasteiger partial charge is 0.471 e. The summed E-state index contributed by atoms with van der Waals surface area (Å²) in [5.74, 6) is -1.90. The fourth-order valence-electron chi connectivity index (χ4n) is 3.94. The maximum atomic E-state index is 13.4.